The average molecular weight is 610 g/mol. The van der Waals surface area contributed by atoms with Crippen LogP contribution in [0.4, 0.5) is 13.2 Å². The monoisotopic (exact) mass is 609 g/mol. The van der Waals surface area contributed by atoms with Gasteiger partial charge in [-0.2, -0.15) is 13.2 Å². The number of aliphatic carboxylic acids is 1. The second-order valence-corrected chi connectivity index (χ2v) is 10.6. The maximum absolute atomic E-state index is 13.7. The van der Waals surface area contributed by atoms with Gasteiger partial charge in [-0.05, 0) is 42.0 Å². The number of aromatic hydroxyl groups is 1. The quantitative estimate of drug-likeness (QED) is 0.148. The first kappa shape index (κ1) is 35.0. The van der Waals surface area contributed by atoms with E-state index in [0.717, 1.165) is 0 Å². The van der Waals surface area contributed by atoms with Gasteiger partial charge in [0.2, 0.25) is 17.7 Å². The Labute approximate surface area is 247 Å². The lowest BCUT2D eigenvalue weighted by atomic mass is 9.99. The lowest BCUT2D eigenvalue weighted by Gasteiger charge is -2.27. The van der Waals surface area contributed by atoms with Crippen LogP contribution in [0.15, 0.2) is 54.6 Å². The molecule has 0 saturated heterocycles. The van der Waals surface area contributed by atoms with E-state index in [4.69, 9.17) is 5.73 Å². The summed E-state index contributed by atoms with van der Waals surface area (Å²) in [6.45, 7) is 2.14. The fourth-order valence-electron chi connectivity index (χ4n) is 4.25. The Bertz CT molecular complexity index is 1210. The molecule has 11 nitrogen and oxygen atoms in total. The summed E-state index contributed by atoms with van der Waals surface area (Å²) >= 11 is 0. The molecule has 3 amide bonds. The van der Waals surface area contributed by atoms with Crippen molar-refractivity contribution in [1.82, 2.24) is 21.3 Å². The number of hydrogen-bond donors (Lipinski definition) is 7. The van der Waals surface area contributed by atoms with Crippen molar-refractivity contribution in [2.75, 3.05) is 13.1 Å². The van der Waals surface area contributed by atoms with E-state index >= 15 is 0 Å². The van der Waals surface area contributed by atoms with Gasteiger partial charge in [0.15, 0.2) is 0 Å². The lowest BCUT2D eigenvalue weighted by Crippen LogP contribution is -2.57. The van der Waals surface area contributed by atoms with Crippen LogP contribution in [0, 0.1) is 5.92 Å². The second-order valence-electron chi connectivity index (χ2n) is 10.6. The Morgan fingerprint density at radius 2 is 1.44 bits per heavy atom. The molecule has 0 radical (unpaired) electrons. The molecule has 2 aromatic rings. The van der Waals surface area contributed by atoms with Crippen molar-refractivity contribution >= 4 is 23.7 Å². The molecular weight excluding hydrogens is 571 g/mol. The number of phenols is 1. The summed E-state index contributed by atoms with van der Waals surface area (Å²) in [4.78, 5) is 49.5. The largest absolute Gasteiger partial charge is 0.508 e. The SMILES string of the molecule is CC(C)C[C@H](NC(=O)[C@H](Cc1ccccc1)NC(=O)CNC(=O)CN[C@H]([C@@H](N)Cc1ccc(O)cc1)C(F)(F)F)C(=O)O. The van der Waals surface area contributed by atoms with E-state index in [1.807, 2.05) is 0 Å². The lowest BCUT2D eigenvalue weighted by molar-refractivity contribution is -0.161. The molecule has 14 heteroatoms. The van der Waals surface area contributed by atoms with E-state index in [2.05, 4.69) is 21.3 Å². The van der Waals surface area contributed by atoms with Gasteiger partial charge < -0.3 is 31.9 Å². The first-order chi connectivity index (χ1) is 20.1. The number of carboxylic acids is 1. The van der Waals surface area contributed by atoms with E-state index in [-0.39, 0.29) is 30.9 Å². The minimum atomic E-state index is -4.78. The predicted octanol–water partition coefficient (Wildman–Crippen LogP) is 1.24. The van der Waals surface area contributed by atoms with E-state index in [1.54, 1.807) is 44.2 Å². The first-order valence-corrected chi connectivity index (χ1v) is 13.6. The molecule has 0 aliphatic carbocycles. The second kappa shape index (κ2) is 16.5. The van der Waals surface area contributed by atoms with E-state index in [1.165, 1.54) is 24.3 Å². The van der Waals surface area contributed by atoms with Gasteiger partial charge in [0.1, 0.15) is 23.9 Å². The number of hydrogen-bond acceptors (Lipinski definition) is 7. The van der Waals surface area contributed by atoms with E-state index in [9.17, 15) is 42.6 Å². The highest BCUT2D eigenvalue weighted by Crippen LogP contribution is 2.24. The molecule has 0 aromatic heterocycles. The molecule has 8 N–H and O–H groups in total. The summed E-state index contributed by atoms with van der Waals surface area (Å²) in [5.41, 5.74) is 6.92. The van der Waals surface area contributed by atoms with Gasteiger partial charge in [0.25, 0.3) is 0 Å². The third kappa shape index (κ3) is 12.7. The summed E-state index contributed by atoms with van der Waals surface area (Å²) < 4.78 is 41.0. The Morgan fingerprint density at radius 1 is 0.837 bits per heavy atom. The number of carbonyl (C=O) groups excluding carboxylic acids is 3. The van der Waals surface area contributed by atoms with Crippen molar-refractivity contribution < 1.29 is 42.6 Å². The summed E-state index contributed by atoms with van der Waals surface area (Å²) in [5, 5.41) is 28.0. The van der Waals surface area contributed by atoms with Crippen molar-refractivity contribution in [3.05, 3.63) is 65.7 Å². The van der Waals surface area contributed by atoms with Gasteiger partial charge in [-0.1, -0.05) is 56.3 Å². The fraction of sp³-hybridized carbons (Fsp3) is 0.448. The molecule has 2 aromatic carbocycles. The number of nitrogens with one attached hydrogen (secondary N) is 4. The zero-order chi connectivity index (χ0) is 32.2. The standard InChI is InChI=1S/C29H38F3N5O6/c1-17(2)12-23(28(42)43)37-27(41)22(14-18-6-4-3-5-7-18)36-25(40)16-34-24(39)15-35-26(29(30,31)32)21(33)13-19-8-10-20(38)11-9-19/h3-11,17,21-23,26,35,38H,12-16,33H2,1-2H3,(H,34,39)(H,36,40)(H,37,41)(H,42,43)/t21-,22-,23-,26+/m0/s1. The Hall–Kier alpha value is -4.17. The van der Waals surface area contributed by atoms with Gasteiger partial charge in [0.05, 0.1) is 13.1 Å². The molecule has 43 heavy (non-hydrogen) atoms. The number of carbonyl (C=O) groups is 4. The number of rotatable bonds is 16. The van der Waals surface area contributed by atoms with Gasteiger partial charge in [-0.3, -0.25) is 19.7 Å². The molecule has 0 saturated carbocycles. The number of carboxylic acid groups (broad SMARTS) is 1. The van der Waals surface area contributed by atoms with Crippen LogP contribution in [0.1, 0.15) is 31.4 Å². The molecule has 0 heterocycles. The predicted molar refractivity (Wildman–Crippen MR) is 152 cm³/mol. The van der Waals surface area contributed by atoms with Crippen molar-refractivity contribution in [3.8, 4) is 5.75 Å². The number of nitrogens with two attached hydrogens (primary N) is 1. The highest BCUT2D eigenvalue weighted by molar-refractivity contribution is 5.92. The summed E-state index contributed by atoms with van der Waals surface area (Å²) in [7, 11) is 0. The zero-order valence-corrected chi connectivity index (χ0v) is 23.9. The smallest absolute Gasteiger partial charge is 0.405 e. The van der Waals surface area contributed by atoms with Crippen molar-refractivity contribution in [2.24, 2.45) is 11.7 Å². The third-order valence-corrected chi connectivity index (χ3v) is 6.37. The van der Waals surface area contributed by atoms with Crippen LogP contribution < -0.4 is 27.0 Å². The van der Waals surface area contributed by atoms with Crippen molar-refractivity contribution in [1.29, 1.82) is 0 Å². The van der Waals surface area contributed by atoms with E-state index < -0.39 is 67.1 Å². The van der Waals surface area contributed by atoms with Crippen LogP contribution in [-0.2, 0) is 32.0 Å². The first-order valence-electron chi connectivity index (χ1n) is 13.6. The van der Waals surface area contributed by atoms with Crippen molar-refractivity contribution in [2.45, 2.75) is 63.5 Å². The highest BCUT2D eigenvalue weighted by atomic mass is 19.4. The number of amides is 3. The molecule has 4 atom stereocenters. The normalized spacial score (nSPS) is 14.3. The molecule has 0 unspecified atom stereocenters. The minimum absolute atomic E-state index is 0.0219. The number of halogens is 3. The molecule has 236 valence electrons. The highest BCUT2D eigenvalue weighted by Gasteiger charge is 2.43. The number of alkyl halides is 3. The molecule has 0 aliphatic rings. The molecule has 0 fully saturated rings. The Morgan fingerprint density at radius 3 is 2.00 bits per heavy atom. The van der Waals surface area contributed by atoms with Crippen LogP contribution >= 0.6 is 0 Å². The van der Waals surface area contributed by atoms with Crippen LogP contribution in [0.3, 0.4) is 0 Å². The summed E-state index contributed by atoms with van der Waals surface area (Å²) in [6.07, 6.45) is -4.79. The van der Waals surface area contributed by atoms with Crippen LogP contribution in [0.5, 0.6) is 5.75 Å². The fourth-order valence-corrected chi connectivity index (χ4v) is 4.25. The molecule has 2 rings (SSSR count). The Kier molecular flexibility index (Phi) is 13.4. The number of phenolic OH excluding ortho intramolecular Hbond substituents is 1. The average Bonchev–Trinajstić information content (AvgIpc) is 2.92. The zero-order valence-electron chi connectivity index (χ0n) is 23.9. The Balaban J connectivity index is 1.98. The summed E-state index contributed by atoms with van der Waals surface area (Å²) in [5.74, 6) is -3.79. The number of benzene rings is 2. The molecule has 0 spiro atoms. The van der Waals surface area contributed by atoms with Crippen LogP contribution in [0.2, 0.25) is 0 Å². The van der Waals surface area contributed by atoms with Gasteiger partial charge in [0, 0.05) is 12.5 Å². The summed E-state index contributed by atoms with van der Waals surface area (Å²) in [6, 6.07) is 8.08. The molecule has 0 bridgehead atoms. The van der Waals surface area contributed by atoms with Crippen LogP contribution in [0.25, 0.3) is 0 Å². The van der Waals surface area contributed by atoms with Gasteiger partial charge >= 0.3 is 12.1 Å². The van der Waals surface area contributed by atoms with Crippen LogP contribution in [-0.4, -0.2) is 77.3 Å². The van der Waals surface area contributed by atoms with Crippen molar-refractivity contribution in [3.63, 3.8) is 0 Å². The maximum atomic E-state index is 13.7. The third-order valence-electron chi connectivity index (χ3n) is 6.37. The van der Waals surface area contributed by atoms with Gasteiger partial charge in [-0.25, -0.2) is 4.79 Å². The van der Waals surface area contributed by atoms with E-state index in [0.29, 0.717) is 11.1 Å². The van der Waals surface area contributed by atoms with Gasteiger partial charge in [-0.15, -0.1) is 0 Å². The molecular formula is C29H38F3N5O6. The molecule has 0 aliphatic heterocycles. The maximum Gasteiger partial charge on any atom is 0.405 e. The topological polar surface area (TPSA) is 183 Å². The minimum Gasteiger partial charge on any atom is -0.508 e.